The van der Waals surface area contributed by atoms with E-state index in [0.717, 1.165) is 12.8 Å². The Morgan fingerprint density at radius 1 is 1.50 bits per heavy atom. The second-order valence-electron chi connectivity index (χ2n) is 4.56. The van der Waals surface area contributed by atoms with Gasteiger partial charge < -0.3 is 15.6 Å². The van der Waals surface area contributed by atoms with E-state index >= 15 is 0 Å². The Morgan fingerprint density at radius 3 is 2.56 bits per heavy atom. The molecule has 0 amide bonds. The van der Waals surface area contributed by atoms with Gasteiger partial charge in [0.05, 0.1) is 5.75 Å². The van der Waals surface area contributed by atoms with E-state index in [9.17, 15) is 13.2 Å². The molecule has 0 aromatic carbocycles. The summed E-state index contributed by atoms with van der Waals surface area (Å²) in [5.41, 5.74) is 5.25. The molecule has 0 aromatic rings. The number of carboxylic acid groups (broad SMARTS) is 1. The van der Waals surface area contributed by atoms with Crippen LogP contribution in [0.5, 0.6) is 0 Å². The molecule has 1 unspecified atom stereocenters. The van der Waals surface area contributed by atoms with Crippen LogP contribution >= 0.6 is 0 Å². The second kappa shape index (κ2) is 6.46. The van der Waals surface area contributed by atoms with Crippen molar-refractivity contribution in [2.45, 2.75) is 18.9 Å². The molecule has 7 nitrogen and oxygen atoms in total. The summed E-state index contributed by atoms with van der Waals surface area (Å²) in [6.07, 6.45) is 1.65. The highest BCUT2D eigenvalue weighted by molar-refractivity contribution is 7.89. The third-order valence-corrected chi connectivity index (χ3v) is 4.92. The van der Waals surface area contributed by atoms with Gasteiger partial charge in [-0.15, -0.1) is 0 Å². The summed E-state index contributed by atoms with van der Waals surface area (Å²) in [6, 6.07) is -1.38. The van der Waals surface area contributed by atoms with Crippen molar-refractivity contribution in [2.24, 2.45) is 11.7 Å². The molecule has 3 N–H and O–H groups in total. The monoisotopic (exact) mass is 280 g/mol. The molecular weight excluding hydrogens is 260 g/mol. The summed E-state index contributed by atoms with van der Waals surface area (Å²) in [7, 11) is -2.16. The highest BCUT2D eigenvalue weighted by Gasteiger charge is 2.27. The van der Waals surface area contributed by atoms with Gasteiger partial charge in [0.1, 0.15) is 6.04 Å². The summed E-state index contributed by atoms with van der Waals surface area (Å²) >= 11 is 0. The summed E-state index contributed by atoms with van der Waals surface area (Å²) < 4.78 is 30.1. The van der Waals surface area contributed by atoms with Crippen LogP contribution < -0.4 is 5.73 Å². The van der Waals surface area contributed by atoms with Crippen molar-refractivity contribution in [3.8, 4) is 0 Å². The van der Waals surface area contributed by atoms with Crippen LogP contribution in [0.4, 0.5) is 0 Å². The van der Waals surface area contributed by atoms with Crippen LogP contribution in [0.2, 0.25) is 0 Å². The topological polar surface area (TPSA) is 110 Å². The average molecular weight is 280 g/mol. The molecule has 1 aliphatic rings. The molecule has 0 spiro atoms. The normalized spacial score (nSPS) is 19.9. The first-order valence-corrected chi connectivity index (χ1v) is 7.44. The van der Waals surface area contributed by atoms with Crippen LogP contribution in [0, 0.1) is 5.92 Å². The van der Waals surface area contributed by atoms with E-state index in [4.69, 9.17) is 15.6 Å². The number of hydrogen-bond donors (Lipinski definition) is 2. The third-order valence-electron chi connectivity index (χ3n) is 3.04. The maximum atomic E-state index is 11.9. The minimum absolute atomic E-state index is 0.263. The molecule has 0 aromatic heterocycles. The maximum Gasteiger partial charge on any atom is 0.321 e. The van der Waals surface area contributed by atoms with Crippen LogP contribution in [0.3, 0.4) is 0 Å². The Balaban J connectivity index is 2.52. The van der Waals surface area contributed by atoms with Crippen molar-refractivity contribution < 1.29 is 23.1 Å². The van der Waals surface area contributed by atoms with E-state index in [0.29, 0.717) is 19.8 Å². The number of nitrogens with two attached hydrogens (primary N) is 1. The van der Waals surface area contributed by atoms with Gasteiger partial charge in [0.15, 0.2) is 0 Å². The lowest BCUT2D eigenvalue weighted by Gasteiger charge is -2.27. The Labute approximate surface area is 107 Å². The number of carboxylic acids is 1. The summed E-state index contributed by atoms with van der Waals surface area (Å²) in [6.45, 7) is 1.68. The van der Waals surface area contributed by atoms with Crippen molar-refractivity contribution >= 4 is 16.0 Å². The molecule has 1 rings (SSSR count). The number of rotatable bonds is 6. The SMILES string of the molecule is CN(CC1CCOCC1)S(=O)(=O)CC(N)C(=O)O. The lowest BCUT2D eigenvalue weighted by atomic mass is 10.0. The van der Waals surface area contributed by atoms with Crippen molar-refractivity contribution in [1.29, 1.82) is 0 Å². The van der Waals surface area contributed by atoms with E-state index in [1.807, 2.05) is 0 Å². The predicted molar refractivity (Wildman–Crippen MR) is 65.6 cm³/mol. The number of aliphatic carboxylic acids is 1. The Bertz CT molecular complexity index is 378. The van der Waals surface area contributed by atoms with Crippen molar-refractivity contribution in [3.63, 3.8) is 0 Å². The molecule has 18 heavy (non-hydrogen) atoms. The summed E-state index contributed by atoms with van der Waals surface area (Å²) in [4.78, 5) is 10.6. The number of ether oxygens (including phenoxy) is 1. The Hall–Kier alpha value is -0.700. The predicted octanol–water partition coefficient (Wildman–Crippen LogP) is -0.913. The lowest BCUT2D eigenvalue weighted by Crippen LogP contribution is -2.43. The molecule has 1 fully saturated rings. The number of hydrogen-bond acceptors (Lipinski definition) is 5. The van der Waals surface area contributed by atoms with Crippen LogP contribution in [0.1, 0.15) is 12.8 Å². The third kappa shape index (κ3) is 4.52. The molecule has 106 valence electrons. The summed E-state index contributed by atoms with van der Waals surface area (Å²) in [5, 5.41) is 8.62. The van der Waals surface area contributed by atoms with E-state index in [-0.39, 0.29) is 5.92 Å². The average Bonchev–Trinajstić information content (AvgIpc) is 2.29. The Kier molecular flexibility index (Phi) is 5.51. The van der Waals surface area contributed by atoms with Crippen molar-refractivity contribution in [2.75, 3.05) is 32.6 Å². The number of carbonyl (C=O) groups is 1. The zero-order valence-corrected chi connectivity index (χ0v) is 11.2. The van der Waals surface area contributed by atoms with E-state index in [2.05, 4.69) is 0 Å². The molecular formula is C10H20N2O5S. The van der Waals surface area contributed by atoms with Gasteiger partial charge in [-0.25, -0.2) is 12.7 Å². The molecule has 1 aliphatic heterocycles. The fourth-order valence-electron chi connectivity index (χ4n) is 1.83. The standard InChI is InChI=1S/C10H20N2O5S/c1-12(6-8-2-4-17-5-3-8)18(15,16)7-9(11)10(13)14/h8-9H,2-7,11H2,1H3,(H,13,14). The lowest BCUT2D eigenvalue weighted by molar-refractivity contribution is -0.137. The smallest absolute Gasteiger partial charge is 0.321 e. The quantitative estimate of drug-likeness (QED) is 0.651. The zero-order chi connectivity index (χ0) is 13.8. The van der Waals surface area contributed by atoms with Gasteiger partial charge in [0.2, 0.25) is 10.0 Å². The van der Waals surface area contributed by atoms with Gasteiger partial charge in [-0.3, -0.25) is 4.79 Å². The van der Waals surface area contributed by atoms with Gasteiger partial charge in [-0.05, 0) is 18.8 Å². The minimum atomic E-state index is -3.62. The van der Waals surface area contributed by atoms with Gasteiger partial charge in [0, 0.05) is 26.8 Å². The van der Waals surface area contributed by atoms with E-state index in [1.54, 1.807) is 0 Å². The van der Waals surface area contributed by atoms with E-state index in [1.165, 1.54) is 11.4 Å². The highest BCUT2D eigenvalue weighted by Crippen LogP contribution is 2.17. The maximum absolute atomic E-state index is 11.9. The van der Waals surface area contributed by atoms with Crippen LogP contribution in [-0.4, -0.2) is 62.4 Å². The van der Waals surface area contributed by atoms with Crippen LogP contribution in [0.15, 0.2) is 0 Å². The Morgan fingerprint density at radius 2 is 2.06 bits per heavy atom. The first-order valence-electron chi connectivity index (χ1n) is 5.83. The molecule has 8 heteroatoms. The van der Waals surface area contributed by atoms with Crippen molar-refractivity contribution in [1.82, 2.24) is 4.31 Å². The molecule has 1 heterocycles. The first-order chi connectivity index (χ1) is 8.33. The van der Waals surface area contributed by atoms with Gasteiger partial charge in [0.25, 0.3) is 0 Å². The van der Waals surface area contributed by atoms with Crippen LogP contribution in [0.25, 0.3) is 0 Å². The van der Waals surface area contributed by atoms with Crippen molar-refractivity contribution in [3.05, 3.63) is 0 Å². The fourth-order valence-corrected chi connectivity index (χ4v) is 3.12. The molecule has 0 radical (unpaired) electrons. The molecule has 0 bridgehead atoms. The fraction of sp³-hybridized carbons (Fsp3) is 0.900. The second-order valence-corrected chi connectivity index (χ2v) is 6.68. The first kappa shape index (κ1) is 15.4. The molecule has 0 saturated carbocycles. The van der Waals surface area contributed by atoms with Crippen LogP contribution in [-0.2, 0) is 19.6 Å². The highest BCUT2D eigenvalue weighted by atomic mass is 32.2. The summed E-state index contributed by atoms with van der Waals surface area (Å²) in [5.74, 6) is -1.61. The van der Waals surface area contributed by atoms with E-state index < -0.39 is 27.8 Å². The number of sulfonamides is 1. The molecule has 0 aliphatic carbocycles. The van der Waals surface area contributed by atoms with Gasteiger partial charge >= 0.3 is 5.97 Å². The zero-order valence-electron chi connectivity index (χ0n) is 10.4. The minimum Gasteiger partial charge on any atom is -0.480 e. The largest absolute Gasteiger partial charge is 0.480 e. The number of nitrogens with zero attached hydrogens (tertiary/aromatic N) is 1. The molecule has 1 atom stereocenters. The van der Waals surface area contributed by atoms with Gasteiger partial charge in [-0.1, -0.05) is 0 Å². The molecule has 1 saturated heterocycles. The van der Waals surface area contributed by atoms with Gasteiger partial charge in [-0.2, -0.15) is 0 Å².